The van der Waals surface area contributed by atoms with Crippen LogP contribution in [0.2, 0.25) is 0 Å². The number of rotatable bonds is 7. The van der Waals surface area contributed by atoms with E-state index < -0.39 is 0 Å². The highest BCUT2D eigenvalue weighted by atomic mass is 32.1. The Morgan fingerprint density at radius 1 is 1.26 bits per heavy atom. The second-order valence-corrected chi connectivity index (χ2v) is 8.68. The SMILES string of the molecule is C=CN=CC(=C)/C=C/C(=O)Nc1sc2c(c1C#N)CCC(OC(=O)NC1CCCC1)C2. The van der Waals surface area contributed by atoms with Gasteiger partial charge in [0, 0.05) is 35.8 Å². The number of carbonyl (C=O) groups is 2. The summed E-state index contributed by atoms with van der Waals surface area (Å²) in [5.74, 6) is -0.355. The summed E-state index contributed by atoms with van der Waals surface area (Å²) in [6.45, 7) is 7.24. The number of hydrogen-bond acceptors (Lipinski definition) is 6. The Balaban J connectivity index is 1.61. The predicted molar refractivity (Wildman–Crippen MR) is 122 cm³/mol. The molecule has 0 bridgehead atoms. The second-order valence-electron chi connectivity index (χ2n) is 7.57. The first-order valence-corrected chi connectivity index (χ1v) is 11.2. The topological polar surface area (TPSA) is 104 Å². The minimum atomic E-state index is -0.365. The van der Waals surface area contributed by atoms with Gasteiger partial charge >= 0.3 is 6.09 Å². The van der Waals surface area contributed by atoms with Crippen molar-refractivity contribution in [2.24, 2.45) is 4.99 Å². The van der Waals surface area contributed by atoms with Gasteiger partial charge in [0.15, 0.2) is 0 Å². The van der Waals surface area contributed by atoms with Crippen molar-refractivity contribution in [2.75, 3.05) is 5.32 Å². The maximum absolute atomic E-state index is 12.3. The molecule has 1 aromatic heterocycles. The average molecular weight is 439 g/mol. The monoisotopic (exact) mass is 438 g/mol. The largest absolute Gasteiger partial charge is 0.446 e. The molecule has 0 aromatic carbocycles. The molecule has 1 aromatic rings. The van der Waals surface area contributed by atoms with E-state index in [1.807, 2.05) is 0 Å². The molecule has 2 N–H and O–H groups in total. The molecule has 0 spiro atoms. The first-order valence-electron chi connectivity index (χ1n) is 10.3. The van der Waals surface area contributed by atoms with E-state index >= 15 is 0 Å². The number of anilines is 1. The van der Waals surface area contributed by atoms with Crippen molar-refractivity contribution < 1.29 is 14.3 Å². The number of aliphatic imine (C=N–C) groups is 1. The molecule has 1 atom stereocenters. The second kappa shape index (κ2) is 10.7. The van der Waals surface area contributed by atoms with Crippen LogP contribution < -0.4 is 10.6 Å². The van der Waals surface area contributed by atoms with Crippen LogP contribution in [0.25, 0.3) is 0 Å². The van der Waals surface area contributed by atoms with Gasteiger partial charge in [0.05, 0.1) is 5.56 Å². The number of allylic oxidation sites excluding steroid dienone is 2. The molecule has 2 aliphatic carbocycles. The maximum Gasteiger partial charge on any atom is 0.407 e. The first kappa shape index (κ1) is 22.5. The molecule has 1 fully saturated rings. The summed E-state index contributed by atoms with van der Waals surface area (Å²) < 4.78 is 5.62. The number of fused-ring (bicyclic) bond motifs is 1. The zero-order valence-corrected chi connectivity index (χ0v) is 18.2. The van der Waals surface area contributed by atoms with Crippen LogP contribution in [0.1, 0.15) is 48.1 Å². The van der Waals surface area contributed by atoms with E-state index in [-0.39, 0.29) is 24.1 Å². The maximum atomic E-state index is 12.3. The summed E-state index contributed by atoms with van der Waals surface area (Å²) in [4.78, 5) is 29.3. The molecule has 1 saturated carbocycles. The fourth-order valence-corrected chi connectivity index (χ4v) is 5.08. The number of carbonyl (C=O) groups excluding carboxylic acids is 2. The van der Waals surface area contributed by atoms with Crippen LogP contribution in [0.4, 0.5) is 9.80 Å². The minimum Gasteiger partial charge on any atom is -0.446 e. The highest BCUT2D eigenvalue weighted by Crippen LogP contribution is 2.38. The van der Waals surface area contributed by atoms with E-state index in [1.165, 1.54) is 35.9 Å². The number of nitrogens with one attached hydrogen (secondary N) is 2. The normalized spacial score (nSPS) is 18.5. The summed E-state index contributed by atoms with van der Waals surface area (Å²) in [6.07, 6.45) is 11.3. The zero-order valence-electron chi connectivity index (χ0n) is 17.4. The Morgan fingerprint density at radius 3 is 2.74 bits per heavy atom. The van der Waals surface area contributed by atoms with Gasteiger partial charge in [-0.2, -0.15) is 5.26 Å². The molecule has 2 aliphatic rings. The van der Waals surface area contributed by atoms with Crippen LogP contribution in [0.5, 0.6) is 0 Å². The number of alkyl carbamates (subject to hydrolysis) is 1. The lowest BCUT2D eigenvalue weighted by atomic mass is 9.94. The predicted octanol–water partition coefficient (Wildman–Crippen LogP) is 4.41. The summed E-state index contributed by atoms with van der Waals surface area (Å²) in [7, 11) is 0. The lowest BCUT2D eigenvalue weighted by molar-refractivity contribution is -0.111. The van der Waals surface area contributed by atoms with Crippen LogP contribution in [-0.2, 0) is 22.4 Å². The third kappa shape index (κ3) is 6.15. The van der Waals surface area contributed by atoms with Crippen LogP contribution >= 0.6 is 11.3 Å². The highest BCUT2D eigenvalue weighted by Gasteiger charge is 2.29. The van der Waals surface area contributed by atoms with Crippen molar-refractivity contribution in [3.63, 3.8) is 0 Å². The van der Waals surface area contributed by atoms with Crippen molar-refractivity contribution in [3.05, 3.63) is 53.1 Å². The van der Waals surface area contributed by atoms with Gasteiger partial charge in [0.1, 0.15) is 17.2 Å². The van der Waals surface area contributed by atoms with E-state index in [0.717, 1.165) is 36.1 Å². The van der Waals surface area contributed by atoms with E-state index in [4.69, 9.17) is 4.74 Å². The van der Waals surface area contributed by atoms with Crippen LogP contribution in [0.15, 0.2) is 42.1 Å². The summed E-state index contributed by atoms with van der Waals surface area (Å²) in [5, 5.41) is 15.9. The van der Waals surface area contributed by atoms with Crippen LogP contribution in [0.3, 0.4) is 0 Å². The lowest BCUT2D eigenvalue weighted by Crippen LogP contribution is -2.37. The fraction of sp³-hybridized carbons (Fsp3) is 0.391. The van der Waals surface area contributed by atoms with E-state index in [0.29, 0.717) is 35.4 Å². The third-order valence-corrected chi connectivity index (χ3v) is 6.48. The van der Waals surface area contributed by atoms with Gasteiger partial charge in [0.2, 0.25) is 5.91 Å². The molecule has 3 rings (SSSR count). The number of nitriles is 1. The van der Waals surface area contributed by atoms with Crippen LogP contribution in [0, 0.1) is 11.3 Å². The minimum absolute atomic E-state index is 0.215. The van der Waals surface area contributed by atoms with Gasteiger partial charge in [-0.3, -0.25) is 9.79 Å². The van der Waals surface area contributed by atoms with Crippen molar-refractivity contribution in [3.8, 4) is 6.07 Å². The molecule has 8 heteroatoms. The Kier molecular flexibility index (Phi) is 7.79. The smallest absolute Gasteiger partial charge is 0.407 e. The summed E-state index contributed by atoms with van der Waals surface area (Å²) >= 11 is 1.36. The molecule has 7 nitrogen and oxygen atoms in total. The number of amides is 2. The molecule has 0 aliphatic heterocycles. The van der Waals surface area contributed by atoms with E-state index in [2.05, 4.69) is 34.9 Å². The number of thiophene rings is 1. The molecule has 0 radical (unpaired) electrons. The molecule has 1 unspecified atom stereocenters. The molecule has 0 saturated heterocycles. The average Bonchev–Trinajstić information content (AvgIpc) is 3.37. The van der Waals surface area contributed by atoms with Crippen LogP contribution in [-0.4, -0.2) is 30.4 Å². The van der Waals surface area contributed by atoms with Gasteiger partial charge in [-0.1, -0.05) is 26.0 Å². The van der Waals surface area contributed by atoms with Crippen molar-refractivity contribution in [1.82, 2.24) is 5.32 Å². The van der Waals surface area contributed by atoms with E-state index in [1.54, 1.807) is 0 Å². The Hall–Kier alpha value is -3.18. The summed E-state index contributed by atoms with van der Waals surface area (Å²) in [5.41, 5.74) is 1.98. The number of nitrogens with zero attached hydrogens (tertiary/aromatic N) is 2. The zero-order chi connectivity index (χ0) is 22.2. The van der Waals surface area contributed by atoms with Crippen molar-refractivity contribution in [2.45, 2.75) is 57.1 Å². The van der Waals surface area contributed by atoms with Crippen molar-refractivity contribution >= 4 is 34.6 Å². The van der Waals surface area contributed by atoms with Gasteiger partial charge in [-0.05, 0) is 42.9 Å². The van der Waals surface area contributed by atoms with Gasteiger partial charge < -0.3 is 15.4 Å². The molecular weight excluding hydrogens is 412 g/mol. The molecule has 31 heavy (non-hydrogen) atoms. The number of hydrogen-bond donors (Lipinski definition) is 2. The first-order chi connectivity index (χ1) is 15.0. The molecule has 162 valence electrons. The Bertz CT molecular complexity index is 964. The van der Waals surface area contributed by atoms with Crippen molar-refractivity contribution in [1.29, 1.82) is 5.26 Å². The Morgan fingerprint density at radius 2 is 2.03 bits per heavy atom. The third-order valence-electron chi connectivity index (χ3n) is 5.31. The van der Waals surface area contributed by atoms with Gasteiger partial charge in [0.25, 0.3) is 0 Å². The molecule has 1 heterocycles. The number of ether oxygens (including phenoxy) is 1. The van der Waals surface area contributed by atoms with Gasteiger partial charge in [-0.15, -0.1) is 11.3 Å². The highest BCUT2D eigenvalue weighted by molar-refractivity contribution is 7.16. The molecule has 2 amide bonds. The fourth-order valence-electron chi connectivity index (χ4n) is 3.81. The lowest BCUT2D eigenvalue weighted by Gasteiger charge is -2.23. The van der Waals surface area contributed by atoms with E-state index in [9.17, 15) is 14.9 Å². The van der Waals surface area contributed by atoms with Gasteiger partial charge in [-0.25, -0.2) is 4.79 Å². The summed E-state index contributed by atoms with van der Waals surface area (Å²) in [6, 6.07) is 2.42. The standard InChI is InChI=1S/C23H26N4O3S/c1-3-25-14-15(2)8-11-21(28)27-22-19(13-24)18-10-9-17(12-20(18)31-22)30-23(29)26-16-6-4-5-7-16/h3,8,11,14,16-17H,1-2,4-7,9-10,12H2,(H,26,29)(H,27,28)/b11-8+,25-14?. The quantitative estimate of drug-likeness (QED) is 0.374. The molecular formula is C23H26N4O3S. The Labute approximate surface area is 186 Å².